The van der Waals surface area contributed by atoms with Crippen LogP contribution < -0.4 is 0 Å². The lowest BCUT2D eigenvalue weighted by Gasteiger charge is -2.45. The number of pyridine rings is 1. The first-order valence-electron chi connectivity index (χ1n) is 6.28. The van der Waals surface area contributed by atoms with Crippen LogP contribution in [0.2, 0.25) is 0 Å². The number of carbonyl (C=O) groups excluding carboxylic acids is 1. The van der Waals surface area contributed by atoms with Gasteiger partial charge in [-0.15, -0.1) is 0 Å². The van der Waals surface area contributed by atoms with Gasteiger partial charge in [0, 0.05) is 23.5 Å². The van der Waals surface area contributed by atoms with Gasteiger partial charge in [0.1, 0.15) is 11.0 Å². The predicted octanol–water partition coefficient (Wildman–Crippen LogP) is 3.85. The van der Waals surface area contributed by atoms with Crippen LogP contribution in [0.3, 0.4) is 0 Å². The highest BCUT2D eigenvalue weighted by atomic mass is 79.9. The van der Waals surface area contributed by atoms with E-state index in [2.05, 4.69) is 20.9 Å². The fourth-order valence-corrected chi connectivity index (χ4v) is 2.99. The van der Waals surface area contributed by atoms with E-state index in [0.717, 1.165) is 0 Å². The van der Waals surface area contributed by atoms with E-state index in [0.29, 0.717) is 10.2 Å². The van der Waals surface area contributed by atoms with Gasteiger partial charge in [0.2, 0.25) is 0 Å². The zero-order valence-corrected chi connectivity index (χ0v) is 13.1. The quantitative estimate of drug-likeness (QED) is 0.762. The summed E-state index contributed by atoms with van der Waals surface area (Å²) in [5.74, 6) is -3.50. The second-order valence-electron chi connectivity index (χ2n) is 6.13. The van der Waals surface area contributed by atoms with Gasteiger partial charge < -0.3 is 4.74 Å². The second-order valence-corrected chi connectivity index (χ2v) is 6.98. The van der Waals surface area contributed by atoms with E-state index in [1.807, 2.05) is 0 Å². The largest absolute Gasteiger partial charge is 0.459 e. The molecule has 110 valence electrons. The maximum absolute atomic E-state index is 13.4. The summed E-state index contributed by atoms with van der Waals surface area (Å²) in [5, 5.41) is 0. The van der Waals surface area contributed by atoms with Crippen molar-refractivity contribution in [1.82, 2.24) is 4.98 Å². The molecule has 0 radical (unpaired) electrons. The summed E-state index contributed by atoms with van der Waals surface area (Å²) in [6, 6.07) is 3.36. The molecule has 0 aliphatic heterocycles. The zero-order valence-electron chi connectivity index (χ0n) is 11.5. The molecular weight excluding hydrogens is 332 g/mol. The van der Waals surface area contributed by atoms with Crippen molar-refractivity contribution in [2.45, 2.75) is 50.6 Å². The molecule has 1 aliphatic carbocycles. The fourth-order valence-electron chi connectivity index (χ4n) is 2.35. The van der Waals surface area contributed by atoms with Crippen LogP contribution in [0.1, 0.15) is 39.3 Å². The van der Waals surface area contributed by atoms with Crippen LogP contribution in [0.15, 0.2) is 22.8 Å². The number of aromatic nitrogens is 1. The third-order valence-corrected chi connectivity index (χ3v) is 3.76. The molecule has 1 aliphatic rings. The Morgan fingerprint density at radius 3 is 2.45 bits per heavy atom. The molecule has 0 saturated heterocycles. The Morgan fingerprint density at radius 2 is 2.00 bits per heavy atom. The SMILES string of the molecule is CC(C)(C)OC(=O)C1(c2ncccc2Br)CC(F)(F)C1. The average Bonchev–Trinajstić information content (AvgIpc) is 2.23. The molecule has 1 fully saturated rings. The van der Waals surface area contributed by atoms with Gasteiger partial charge in [-0.2, -0.15) is 0 Å². The first-order valence-corrected chi connectivity index (χ1v) is 7.07. The van der Waals surface area contributed by atoms with Gasteiger partial charge in [-0.05, 0) is 48.8 Å². The summed E-state index contributed by atoms with van der Waals surface area (Å²) < 4.78 is 32.6. The van der Waals surface area contributed by atoms with Crippen LogP contribution in [0.25, 0.3) is 0 Å². The van der Waals surface area contributed by atoms with Gasteiger partial charge in [-0.1, -0.05) is 0 Å². The van der Waals surface area contributed by atoms with Gasteiger partial charge in [-0.25, -0.2) is 8.78 Å². The van der Waals surface area contributed by atoms with Crippen molar-refractivity contribution in [2.75, 3.05) is 0 Å². The van der Waals surface area contributed by atoms with Gasteiger partial charge >= 0.3 is 5.97 Å². The van der Waals surface area contributed by atoms with Crippen LogP contribution in [-0.4, -0.2) is 22.5 Å². The number of ether oxygens (including phenoxy) is 1. The minimum absolute atomic E-state index is 0.320. The smallest absolute Gasteiger partial charge is 0.319 e. The minimum atomic E-state index is -2.85. The third-order valence-electron chi connectivity index (χ3n) is 3.12. The van der Waals surface area contributed by atoms with Crippen LogP contribution in [-0.2, 0) is 14.9 Å². The zero-order chi connectivity index (χ0) is 15.2. The molecule has 1 aromatic rings. The molecular formula is C14H16BrF2NO2. The first kappa shape index (κ1) is 15.4. The number of hydrogen-bond acceptors (Lipinski definition) is 3. The Hall–Kier alpha value is -1.04. The molecule has 0 spiro atoms. The lowest BCUT2D eigenvalue weighted by Crippen LogP contribution is -2.56. The maximum atomic E-state index is 13.4. The molecule has 20 heavy (non-hydrogen) atoms. The van der Waals surface area contributed by atoms with Crippen molar-refractivity contribution < 1.29 is 18.3 Å². The predicted molar refractivity (Wildman–Crippen MR) is 73.6 cm³/mol. The van der Waals surface area contributed by atoms with Gasteiger partial charge in [0.25, 0.3) is 5.92 Å². The summed E-state index contributed by atoms with van der Waals surface area (Å²) >= 11 is 3.28. The number of rotatable bonds is 2. The topological polar surface area (TPSA) is 39.2 Å². The molecule has 0 unspecified atom stereocenters. The van der Waals surface area contributed by atoms with Gasteiger partial charge in [0.15, 0.2) is 0 Å². The number of carbonyl (C=O) groups is 1. The molecule has 0 aromatic carbocycles. The van der Waals surface area contributed by atoms with E-state index >= 15 is 0 Å². The molecule has 6 heteroatoms. The monoisotopic (exact) mass is 347 g/mol. The minimum Gasteiger partial charge on any atom is -0.459 e. The Labute approximate surface area is 124 Å². The third kappa shape index (κ3) is 2.85. The summed E-state index contributed by atoms with van der Waals surface area (Å²) in [7, 11) is 0. The maximum Gasteiger partial charge on any atom is 0.319 e. The highest BCUT2D eigenvalue weighted by molar-refractivity contribution is 9.10. The molecule has 2 rings (SSSR count). The molecule has 1 aromatic heterocycles. The molecule has 0 amide bonds. The number of hydrogen-bond donors (Lipinski definition) is 0. The Kier molecular flexibility index (Phi) is 3.65. The molecule has 3 nitrogen and oxygen atoms in total. The lowest BCUT2D eigenvalue weighted by molar-refractivity contribution is -0.190. The number of halogens is 3. The highest BCUT2D eigenvalue weighted by Gasteiger charge is 2.64. The van der Waals surface area contributed by atoms with Crippen molar-refractivity contribution in [3.05, 3.63) is 28.5 Å². The summed E-state index contributed by atoms with van der Waals surface area (Å²) in [5.41, 5.74) is -1.77. The standard InChI is InChI=1S/C14H16BrF2NO2/c1-12(2,3)20-11(19)13(7-14(16,17)8-13)10-9(15)5-4-6-18-10/h4-6H,7-8H2,1-3H3. The van der Waals surface area contributed by atoms with Crippen molar-refractivity contribution in [1.29, 1.82) is 0 Å². The van der Waals surface area contributed by atoms with Crippen molar-refractivity contribution >= 4 is 21.9 Å². The lowest BCUT2D eigenvalue weighted by atomic mass is 9.63. The Morgan fingerprint density at radius 1 is 1.40 bits per heavy atom. The molecule has 1 saturated carbocycles. The van der Waals surface area contributed by atoms with Crippen molar-refractivity contribution in [3.8, 4) is 0 Å². The molecule has 0 atom stereocenters. The fraction of sp³-hybridized carbons (Fsp3) is 0.571. The normalized spacial score (nSPS) is 20.1. The summed E-state index contributed by atoms with van der Waals surface area (Å²) in [6.45, 7) is 5.13. The van der Waals surface area contributed by atoms with Crippen molar-refractivity contribution in [3.63, 3.8) is 0 Å². The highest BCUT2D eigenvalue weighted by Crippen LogP contribution is 2.55. The second kappa shape index (κ2) is 4.76. The number of alkyl halides is 2. The first-order chi connectivity index (χ1) is 9.06. The Bertz CT molecular complexity index is 532. The van der Waals surface area contributed by atoms with Gasteiger partial charge in [-0.3, -0.25) is 9.78 Å². The number of nitrogens with zero attached hydrogens (tertiary/aromatic N) is 1. The summed E-state index contributed by atoms with van der Waals surface area (Å²) in [6.07, 6.45) is 0.359. The molecule has 0 bridgehead atoms. The van der Waals surface area contributed by atoms with E-state index in [9.17, 15) is 13.6 Å². The van der Waals surface area contributed by atoms with E-state index in [1.165, 1.54) is 6.20 Å². The van der Waals surface area contributed by atoms with Crippen molar-refractivity contribution in [2.24, 2.45) is 0 Å². The van der Waals surface area contributed by atoms with E-state index in [1.54, 1.807) is 32.9 Å². The van der Waals surface area contributed by atoms with E-state index < -0.39 is 35.7 Å². The molecule has 1 heterocycles. The van der Waals surface area contributed by atoms with Crippen LogP contribution in [0.4, 0.5) is 8.78 Å². The van der Waals surface area contributed by atoms with E-state index in [-0.39, 0.29) is 0 Å². The average molecular weight is 348 g/mol. The Balaban J connectivity index is 2.39. The summed E-state index contributed by atoms with van der Waals surface area (Å²) in [4.78, 5) is 16.5. The van der Waals surface area contributed by atoms with Crippen LogP contribution >= 0.6 is 15.9 Å². The van der Waals surface area contributed by atoms with Gasteiger partial charge in [0.05, 0.1) is 5.69 Å². The molecule has 0 N–H and O–H groups in total. The number of esters is 1. The van der Waals surface area contributed by atoms with E-state index in [4.69, 9.17) is 4.74 Å². The van der Waals surface area contributed by atoms with Crippen LogP contribution in [0.5, 0.6) is 0 Å². The van der Waals surface area contributed by atoms with Crippen LogP contribution in [0, 0.1) is 0 Å².